The quantitative estimate of drug-likeness (QED) is 0.492. The number of rotatable bonds is 6. The Morgan fingerprint density at radius 1 is 1.00 bits per heavy atom. The lowest BCUT2D eigenvalue weighted by molar-refractivity contribution is 0.304. The van der Waals surface area contributed by atoms with E-state index in [1.165, 1.54) is 9.36 Å². The molecule has 2 aromatic carbocycles. The Morgan fingerprint density at radius 3 is 2.50 bits per heavy atom. The Kier molecular flexibility index (Phi) is 5.30. The molecule has 4 rings (SSSR count). The van der Waals surface area contributed by atoms with Crippen molar-refractivity contribution in [2.24, 2.45) is 7.05 Å². The Bertz CT molecular complexity index is 1230. The molecule has 8 nitrogen and oxygen atoms in total. The number of hydrogen-bond donors (Lipinski definition) is 0. The molecular formula is C22H21N5O3. The molecule has 0 saturated heterocycles. The molecule has 4 aromatic rings. The summed E-state index contributed by atoms with van der Waals surface area (Å²) in [4.78, 5) is 16.7. The van der Waals surface area contributed by atoms with Crippen molar-refractivity contribution in [1.82, 2.24) is 24.8 Å². The van der Waals surface area contributed by atoms with Crippen molar-refractivity contribution in [1.29, 1.82) is 0 Å². The van der Waals surface area contributed by atoms with Gasteiger partial charge in [-0.1, -0.05) is 12.1 Å². The zero-order valence-corrected chi connectivity index (χ0v) is 16.9. The summed E-state index contributed by atoms with van der Waals surface area (Å²) in [5.41, 5.74) is 3.96. The van der Waals surface area contributed by atoms with E-state index >= 15 is 0 Å². The van der Waals surface area contributed by atoms with Crippen LogP contribution in [0.25, 0.3) is 16.9 Å². The van der Waals surface area contributed by atoms with E-state index in [0.717, 1.165) is 28.1 Å². The molecule has 0 amide bonds. The highest BCUT2D eigenvalue weighted by molar-refractivity contribution is 5.61. The predicted molar refractivity (Wildman–Crippen MR) is 112 cm³/mol. The minimum absolute atomic E-state index is 0.275. The second kappa shape index (κ2) is 8.20. The zero-order chi connectivity index (χ0) is 21.1. The number of tetrazole rings is 1. The van der Waals surface area contributed by atoms with Crippen molar-refractivity contribution in [2.45, 2.75) is 13.5 Å². The van der Waals surface area contributed by atoms with Gasteiger partial charge < -0.3 is 9.47 Å². The smallest absolute Gasteiger partial charge is 0.368 e. The average Bonchev–Trinajstić information content (AvgIpc) is 3.11. The van der Waals surface area contributed by atoms with E-state index in [1.54, 1.807) is 26.4 Å². The summed E-state index contributed by atoms with van der Waals surface area (Å²) in [5, 5.41) is 7.75. The molecule has 0 aliphatic heterocycles. The molecule has 0 N–H and O–H groups in total. The van der Waals surface area contributed by atoms with Gasteiger partial charge in [0.2, 0.25) is 0 Å². The molecule has 0 bridgehead atoms. The molecule has 0 spiro atoms. The summed E-state index contributed by atoms with van der Waals surface area (Å²) in [6.07, 6.45) is 1.71. The summed E-state index contributed by atoms with van der Waals surface area (Å²) in [5.74, 6) is 1.47. The van der Waals surface area contributed by atoms with Gasteiger partial charge in [-0.3, -0.25) is 4.98 Å². The van der Waals surface area contributed by atoms with Crippen molar-refractivity contribution in [3.8, 4) is 28.4 Å². The van der Waals surface area contributed by atoms with E-state index in [0.29, 0.717) is 11.4 Å². The van der Waals surface area contributed by atoms with E-state index in [-0.39, 0.29) is 12.3 Å². The van der Waals surface area contributed by atoms with Gasteiger partial charge in [-0.15, -0.1) is 0 Å². The van der Waals surface area contributed by atoms with Crippen molar-refractivity contribution < 1.29 is 9.47 Å². The van der Waals surface area contributed by atoms with Crippen molar-refractivity contribution in [3.63, 3.8) is 0 Å². The highest BCUT2D eigenvalue weighted by Gasteiger charge is 2.14. The Hall–Kier alpha value is -3.94. The normalized spacial score (nSPS) is 10.8. The molecule has 2 heterocycles. The second-order valence-electron chi connectivity index (χ2n) is 6.76. The van der Waals surface area contributed by atoms with Crippen LogP contribution >= 0.6 is 0 Å². The number of ether oxygens (including phenoxy) is 2. The molecule has 2 aromatic heterocycles. The van der Waals surface area contributed by atoms with Crippen LogP contribution < -0.4 is 15.2 Å². The largest absolute Gasteiger partial charge is 0.497 e. The topological polar surface area (TPSA) is 84.1 Å². The third-order valence-corrected chi connectivity index (χ3v) is 4.84. The van der Waals surface area contributed by atoms with E-state index in [4.69, 9.17) is 9.47 Å². The predicted octanol–water partition coefficient (Wildman–Crippen LogP) is 2.92. The van der Waals surface area contributed by atoms with Crippen LogP contribution in [-0.4, -0.2) is 31.9 Å². The lowest BCUT2D eigenvalue weighted by Crippen LogP contribution is -2.23. The highest BCUT2D eigenvalue weighted by Crippen LogP contribution is 2.25. The zero-order valence-electron chi connectivity index (χ0n) is 16.9. The molecule has 30 heavy (non-hydrogen) atoms. The monoisotopic (exact) mass is 403 g/mol. The molecular weight excluding hydrogens is 382 g/mol. The van der Waals surface area contributed by atoms with Crippen LogP contribution in [0.1, 0.15) is 11.1 Å². The molecule has 0 fully saturated rings. The molecule has 0 aliphatic rings. The standard InChI is InChI=1S/C22H21N5O3/c1-15-5-4-6-21(27-22(28)26(2)24-25-27)19(15)14-30-18-11-12-23-20(13-18)16-7-9-17(29-3)10-8-16/h4-13H,14H2,1-3H3. The average molecular weight is 403 g/mol. The Balaban J connectivity index is 1.60. The molecule has 8 heteroatoms. The van der Waals surface area contributed by atoms with Gasteiger partial charge in [0.05, 0.1) is 18.5 Å². The Labute approximate surface area is 173 Å². The fourth-order valence-electron chi connectivity index (χ4n) is 3.11. The maximum absolute atomic E-state index is 12.3. The summed E-state index contributed by atoms with van der Waals surface area (Å²) in [6, 6.07) is 17.1. The summed E-state index contributed by atoms with van der Waals surface area (Å²) in [6.45, 7) is 2.25. The lowest BCUT2D eigenvalue weighted by Gasteiger charge is -2.13. The van der Waals surface area contributed by atoms with E-state index in [9.17, 15) is 4.79 Å². The number of nitrogens with zero attached hydrogens (tertiary/aromatic N) is 5. The minimum Gasteiger partial charge on any atom is -0.497 e. The summed E-state index contributed by atoms with van der Waals surface area (Å²) >= 11 is 0. The first-order valence-electron chi connectivity index (χ1n) is 9.38. The highest BCUT2D eigenvalue weighted by atomic mass is 16.5. The lowest BCUT2D eigenvalue weighted by atomic mass is 10.1. The minimum atomic E-state index is -0.312. The number of hydrogen-bond acceptors (Lipinski definition) is 6. The van der Waals surface area contributed by atoms with E-state index in [2.05, 4.69) is 15.4 Å². The first-order valence-corrected chi connectivity index (χ1v) is 9.38. The molecule has 0 atom stereocenters. The molecule has 0 saturated carbocycles. The Morgan fingerprint density at radius 2 is 1.80 bits per heavy atom. The summed E-state index contributed by atoms with van der Waals surface area (Å²) in [7, 11) is 3.20. The van der Waals surface area contributed by atoms with Crippen LogP contribution in [0.4, 0.5) is 0 Å². The SMILES string of the molecule is COc1ccc(-c2cc(OCc3c(C)cccc3-n3nnn(C)c3=O)ccn2)cc1. The van der Waals surface area contributed by atoms with E-state index < -0.39 is 0 Å². The van der Waals surface area contributed by atoms with Gasteiger partial charge in [0.15, 0.2) is 0 Å². The van der Waals surface area contributed by atoms with Gasteiger partial charge in [0.1, 0.15) is 18.1 Å². The molecule has 152 valence electrons. The fourth-order valence-corrected chi connectivity index (χ4v) is 3.11. The van der Waals surface area contributed by atoms with E-state index in [1.807, 2.05) is 55.5 Å². The van der Waals surface area contributed by atoms with Crippen molar-refractivity contribution in [2.75, 3.05) is 7.11 Å². The van der Waals surface area contributed by atoms with Crippen LogP contribution in [0.5, 0.6) is 11.5 Å². The van der Waals surface area contributed by atoms with Crippen LogP contribution in [0.15, 0.2) is 65.6 Å². The first-order chi connectivity index (χ1) is 14.6. The van der Waals surface area contributed by atoms with Gasteiger partial charge in [0.25, 0.3) is 0 Å². The second-order valence-corrected chi connectivity index (χ2v) is 6.76. The number of pyridine rings is 1. The van der Waals surface area contributed by atoms with Gasteiger partial charge in [-0.05, 0) is 59.3 Å². The van der Waals surface area contributed by atoms with Gasteiger partial charge in [-0.2, -0.15) is 9.36 Å². The maximum atomic E-state index is 12.3. The number of aromatic nitrogens is 5. The van der Waals surface area contributed by atoms with Crippen molar-refractivity contribution >= 4 is 0 Å². The third-order valence-electron chi connectivity index (χ3n) is 4.84. The van der Waals surface area contributed by atoms with Crippen LogP contribution in [-0.2, 0) is 13.7 Å². The van der Waals surface area contributed by atoms with Crippen LogP contribution in [0.3, 0.4) is 0 Å². The molecule has 0 aliphatic carbocycles. The van der Waals surface area contributed by atoms with Gasteiger partial charge in [-0.25, -0.2) is 4.79 Å². The molecule has 0 radical (unpaired) electrons. The van der Waals surface area contributed by atoms with Crippen LogP contribution in [0.2, 0.25) is 0 Å². The number of aryl methyl sites for hydroxylation is 2. The van der Waals surface area contributed by atoms with Crippen molar-refractivity contribution in [3.05, 3.63) is 82.4 Å². The van der Waals surface area contributed by atoms with Gasteiger partial charge in [0, 0.05) is 30.4 Å². The fraction of sp³-hybridized carbons (Fsp3) is 0.182. The summed E-state index contributed by atoms with van der Waals surface area (Å²) < 4.78 is 13.7. The number of methoxy groups -OCH3 is 1. The first kappa shape index (κ1) is 19.4. The third kappa shape index (κ3) is 3.80. The van der Waals surface area contributed by atoms with Gasteiger partial charge >= 0.3 is 5.69 Å². The van der Waals surface area contributed by atoms with Crippen LogP contribution in [0, 0.1) is 6.92 Å². The number of benzene rings is 2. The molecule has 0 unspecified atom stereocenters. The maximum Gasteiger partial charge on any atom is 0.368 e.